The zero-order valence-electron chi connectivity index (χ0n) is 19.1. The topological polar surface area (TPSA) is 83.2 Å². The predicted octanol–water partition coefficient (Wildman–Crippen LogP) is 6.05. The Morgan fingerprint density at radius 3 is 2.53 bits per heavy atom. The maximum absolute atomic E-state index is 14.4. The van der Waals surface area contributed by atoms with Gasteiger partial charge >= 0.3 is 6.18 Å². The lowest BCUT2D eigenvalue weighted by molar-refractivity contribution is -0.275. The number of aromatic hydroxyl groups is 1. The Bertz CT molecular complexity index is 1470. The van der Waals surface area contributed by atoms with E-state index in [0.717, 1.165) is 0 Å². The molecule has 0 radical (unpaired) electrons. The van der Waals surface area contributed by atoms with E-state index in [1.54, 1.807) is 18.2 Å². The van der Waals surface area contributed by atoms with Crippen LogP contribution in [0.4, 0.5) is 23.2 Å². The average Bonchev–Trinajstić information content (AvgIpc) is 3.23. The molecule has 11 heteroatoms. The molecule has 3 N–H and O–H groups in total. The van der Waals surface area contributed by atoms with Crippen LogP contribution < -0.4 is 5.32 Å². The Balaban J connectivity index is 1.67. The molecule has 36 heavy (non-hydrogen) atoms. The molecular formula is C25H21ClF4N4O2. The Kier molecular flexibility index (Phi) is 5.46. The Hall–Kier alpha value is -3.37. The third-order valence-electron chi connectivity index (χ3n) is 6.70. The van der Waals surface area contributed by atoms with E-state index in [4.69, 9.17) is 11.6 Å². The van der Waals surface area contributed by atoms with Gasteiger partial charge in [-0.05, 0) is 47.7 Å². The van der Waals surface area contributed by atoms with Gasteiger partial charge in [-0.3, -0.25) is 0 Å². The van der Waals surface area contributed by atoms with Crippen molar-refractivity contribution in [2.45, 2.75) is 43.5 Å². The van der Waals surface area contributed by atoms with Crippen LogP contribution in [0.25, 0.3) is 16.6 Å². The van der Waals surface area contributed by atoms with Crippen LogP contribution in [-0.2, 0) is 5.41 Å². The van der Waals surface area contributed by atoms with Crippen molar-refractivity contribution in [2.75, 3.05) is 5.32 Å². The van der Waals surface area contributed by atoms with Crippen LogP contribution in [0.5, 0.6) is 5.75 Å². The van der Waals surface area contributed by atoms with Crippen LogP contribution in [0.15, 0.2) is 54.9 Å². The van der Waals surface area contributed by atoms with Crippen molar-refractivity contribution in [3.05, 3.63) is 77.0 Å². The van der Waals surface area contributed by atoms with Crippen molar-refractivity contribution in [1.82, 2.24) is 14.8 Å². The van der Waals surface area contributed by atoms with Crippen LogP contribution >= 0.6 is 11.6 Å². The van der Waals surface area contributed by atoms with E-state index in [1.165, 1.54) is 55.2 Å². The lowest BCUT2D eigenvalue weighted by atomic mass is 9.63. The summed E-state index contributed by atoms with van der Waals surface area (Å²) in [6.45, 7) is 3.05. The Morgan fingerprint density at radius 2 is 1.86 bits per heavy atom. The fourth-order valence-electron chi connectivity index (χ4n) is 5.15. The number of phenolic OH excluding ortho intramolecular Hbond substituents is 1. The van der Waals surface area contributed by atoms with Crippen LogP contribution in [0.3, 0.4) is 0 Å². The zero-order valence-corrected chi connectivity index (χ0v) is 19.9. The van der Waals surface area contributed by atoms with Gasteiger partial charge in [-0.15, -0.1) is 0 Å². The van der Waals surface area contributed by atoms with E-state index in [2.05, 4.69) is 15.4 Å². The SMILES string of the molecule is CC1(C)C[C@@](O)(C(F)(F)F)[C@@H](Nc2cccc3c2cnn3-c2ccc(F)nc2)c2ccc(Cl)c(O)c21. The van der Waals surface area contributed by atoms with Gasteiger partial charge in [0.25, 0.3) is 0 Å². The number of aromatic nitrogens is 3. The molecule has 0 spiro atoms. The average molecular weight is 521 g/mol. The van der Waals surface area contributed by atoms with Crippen molar-refractivity contribution in [1.29, 1.82) is 0 Å². The molecule has 2 aromatic carbocycles. The van der Waals surface area contributed by atoms with E-state index >= 15 is 0 Å². The van der Waals surface area contributed by atoms with Gasteiger partial charge < -0.3 is 15.5 Å². The zero-order chi connectivity index (χ0) is 26.0. The molecule has 5 rings (SSSR count). The van der Waals surface area contributed by atoms with Crippen molar-refractivity contribution < 1.29 is 27.8 Å². The van der Waals surface area contributed by atoms with Gasteiger partial charge in [-0.1, -0.05) is 37.6 Å². The highest BCUT2D eigenvalue weighted by Crippen LogP contribution is 2.57. The number of alkyl halides is 3. The molecule has 2 heterocycles. The summed E-state index contributed by atoms with van der Waals surface area (Å²) in [5.74, 6) is -0.976. The Labute approximate surface area is 208 Å². The third-order valence-corrected chi connectivity index (χ3v) is 7.00. The second-order valence-electron chi connectivity index (χ2n) is 9.55. The molecule has 0 bridgehead atoms. The largest absolute Gasteiger partial charge is 0.506 e. The summed E-state index contributed by atoms with van der Waals surface area (Å²) in [6, 6.07) is 8.59. The van der Waals surface area contributed by atoms with Gasteiger partial charge in [0, 0.05) is 16.6 Å². The molecule has 4 aromatic rings. The number of benzene rings is 2. The Morgan fingerprint density at radius 1 is 1.11 bits per heavy atom. The summed E-state index contributed by atoms with van der Waals surface area (Å²) >= 11 is 6.10. The highest BCUT2D eigenvalue weighted by atomic mass is 35.5. The molecule has 0 unspecified atom stereocenters. The number of halogens is 5. The van der Waals surface area contributed by atoms with Crippen LogP contribution in [-0.4, -0.2) is 36.8 Å². The molecule has 0 amide bonds. The number of rotatable bonds is 3. The van der Waals surface area contributed by atoms with Gasteiger partial charge in [-0.25, -0.2) is 9.67 Å². The molecule has 2 atom stereocenters. The first-order valence-electron chi connectivity index (χ1n) is 11.0. The lowest BCUT2D eigenvalue weighted by Gasteiger charge is -2.49. The lowest BCUT2D eigenvalue weighted by Crippen LogP contribution is -2.58. The third kappa shape index (κ3) is 3.67. The number of hydrogen-bond donors (Lipinski definition) is 3. The maximum atomic E-state index is 14.4. The van der Waals surface area contributed by atoms with Gasteiger partial charge in [0.1, 0.15) is 5.75 Å². The quantitative estimate of drug-likeness (QED) is 0.226. The molecule has 0 aliphatic heterocycles. The minimum atomic E-state index is -4.99. The number of anilines is 1. The molecule has 0 saturated heterocycles. The molecule has 1 aliphatic carbocycles. The van der Waals surface area contributed by atoms with Crippen LogP contribution in [0, 0.1) is 5.95 Å². The molecule has 0 saturated carbocycles. The van der Waals surface area contributed by atoms with E-state index in [9.17, 15) is 27.8 Å². The van der Waals surface area contributed by atoms with Crippen molar-refractivity contribution in [3.63, 3.8) is 0 Å². The van der Waals surface area contributed by atoms with Gasteiger partial charge in [0.05, 0.1) is 34.7 Å². The molecular weight excluding hydrogens is 500 g/mol. The second-order valence-corrected chi connectivity index (χ2v) is 9.96. The maximum Gasteiger partial charge on any atom is 0.419 e. The molecule has 1 aliphatic rings. The van der Waals surface area contributed by atoms with Gasteiger partial charge in [-0.2, -0.15) is 22.7 Å². The highest BCUT2D eigenvalue weighted by Gasteiger charge is 2.64. The summed E-state index contributed by atoms with van der Waals surface area (Å²) in [5.41, 5.74) is -2.82. The predicted molar refractivity (Wildman–Crippen MR) is 127 cm³/mol. The smallest absolute Gasteiger partial charge is 0.419 e. The molecule has 6 nitrogen and oxygen atoms in total. The number of nitrogens with zero attached hydrogens (tertiary/aromatic N) is 3. The normalized spacial score (nSPS) is 21.4. The first-order valence-corrected chi connectivity index (χ1v) is 11.4. The highest BCUT2D eigenvalue weighted by molar-refractivity contribution is 6.32. The molecule has 188 valence electrons. The van der Waals surface area contributed by atoms with Gasteiger partial charge in [0.15, 0.2) is 5.60 Å². The molecule has 2 aromatic heterocycles. The number of phenols is 1. The second kappa shape index (κ2) is 8.07. The molecule has 0 fully saturated rings. The fourth-order valence-corrected chi connectivity index (χ4v) is 5.30. The van der Waals surface area contributed by atoms with Crippen molar-refractivity contribution in [2.24, 2.45) is 0 Å². The summed E-state index contributed by atoms with van der Waals surface area (Å²) in [5, 5.41) is 29.5. The number of pyridine rings is 1. The number of nitrogens with one attached hydrogen (secondary N) is 1. The van der Waals surface area contributed by atoms with Gasteiger partial charge in [0.2, 0.25) is 5.95 Å². The number of fused-ring (bicyclic) bond motifs is 2. The standard InChI is InChI=1S/C25H21ClF4N4O2/c1-23(2)12-24(36,25(28,29)30)22(14-7-8-16(26)21(35)20(14)23)33-17-4-3-5-18-15(17)11-32-34(18)13-6-9-19(27)31-10-13/h3-11,22,33,35-36H,12H2,1-2H3/t22-,24-/m0/s1. The minimum Gasteiger partial charge on any atom is -0.506 e. The number of hydrogen-bond acceptors (Lipinski definition) is 5. The first-order chi connectivity index (χ1) is 16.8. The van der Waals surface area contributed by atoms with E-state index < -0.39 is 35.6 Å². The van der Waals surface area contributed by atoms with E-state index in [-0.39, 0.29) is 27.6 Å². The summed E-state index contributed by atoms with van der Waals surface area (Å²) < 4.78 is 58.1. The summed E-state index contributed by atoms with van der Waals surface area (Å²) in [4.78, 5) is 3.62. The number of aliphatic hydroxyl groups is 1. The van der Waals surface area contributed by atoms with Crippen LogP contribution in [0.1, 0.15) is 37.4 Å². The van der Waals surface area contributed by atoms with Crippen LogP contribution in [0.2, 0.25) is 5.02 Å². The monoisotopic (exact) mass is 520 g/mol. The van der Waals surface area contributed by atoms with E-state index in [0.29, 0.717) is 16.6 Å². The van der Waals surface area contributed by atoms with Crippen molar-refractivity contribution >= 4 is 28.2 Å². The fraction of sp³-hybridized carbons (Fsp3) is 0.280. The summed E-state index contributed by atoms with van der Waals surface area (Å²) in [7, 11) is 0. The van der Waals surface area contributed by atoms with Crippen molar-refractivity contribution in [3.8, 4) is 11.4 Å². The summed E-state index contributed by atoms with van der Waals surface area (Å²) in [6.07, 6.45) is -2.96. The minimum absolute atomic E-state index is 0.00862. The van der Waals surface area contributed by atoms with E-state index in [1.807, 2.05) is 0 Å². The first kappa shape index (κ1) is 24.3.